The first-order valence-electron chi connectivity index (χ1n) is 7.05. The van der Waals surface area contributed by atoms with Gasteiger partial charge in [-0.05, 0) is 31.0 Å². The molecule has 1 saturated heterocycles. The van der Waals surface area contributed by atoms with Gasteiger partial charge in [-0.3, -0.25) is 14.5 Å². The van der Waals surface area contributed by atoms with Crippen LogP contribution in [-0.4, -0.2) is 28.0 Å². The minimum atomic E-state index is -0.390. The van der Waals surface area contributed by atoms with Gasteiger partial charge < -0.3 is 5.73 Å². The zero-order valence-electron chi connectivity index (χ0n) is 12.1. The summed E-state index contributed by atoms with van der Waals surface area (Å²) in [6.07, 6.45) is 1.81. The molecule has 2 N–H and O–H groups in total. The van der Waals surface area contributed by atoms with Gasteiger partial charge in [0.15, 0.2) is 0 Å². The molecule has 114 valence electrons. The molecule has 2 rings (SSSR count). The van der Waals surface area contributed by atoms with E-state index in [2.05, 4.69) is 0 Å². The van der Waals surface area contributed by atoms with Crippen LogP contribution >= 0.6 is 23.4 Å². The topological polar surface area (TPSA) is 63.4 Å². The van der Waals surface area contributed by atoms with Gasteiger partial charge in [0.2, 0.25) is 11.8 Å². The molecular weight excluding hydrogens is 308 g/mol. The number of hydrogen-bond acceptors (Lipinski definition) is 4. The molecular formula is C15H19ClN2O2S. The van der Waals surface area contributed by atoms with Crippen LogP contribution in [0.4, 0.5) is 5.69 Å². The van der Waals surface area contributed by atoms with E-state index in [1.807, 2.05) is 13.8 Å². The average molecular weight is 327 g/mol. The number of likely N-dealkylation sites (tertiary alicyclic amines) is 1. The van der Waals surface area contributed by atoms with Gasteiger partial charge in [0.1, 0.15) is 0 Å². The fourth-order valence-corrected chi connectivity index (χ4v) is 3.91. The highest BCUT2D eigenvalue weighted by Crippen LogP contribution is 2.37. The van der Waals surface area contributed by atoms with Gasteiger partial charge in [0.05, 0.1) is 10.3 Å². The molecule has 0 bridgehead atoms. The Bertz CT molecular complexity index is 561. The van der Waals surface area contributed by atoms with Gasteiger partial charge in [0, 0.05) is 23.0 Å². The number of carbonyl (C=O) groups excluding carboxylic acids is 2. The number of amides is 2. The number of rotatable bonds is 5. The summed E-state index contributed by atoms with van der Waals surface area (Å²) in [5.74, 6) is -0.190. The number of halogens is 1. The molecule has 1 unspecified atom stereocenters. The molecule has 0 aliphatic carbocycles. The Morgan fingerprint density at radius 2 is 2.05 bits per heavy atom. The van der Waals surface area contributed by atoms with Crippen LogP contribution in [0.15, 0.2) is 23.1 Å². The molecule has 1 heterocycles. The summed E-state index contributed by atoms with van der Waals surface area (Å²) in [6.45, 7) is 3.98. The van der Waals surface area contributed by atoms with Crippen molar-refractivity contribution in [2.75, 3.05) is 5.73 Å². The van der Waals surface area contributed by atoms with Crippen molar-refractivity contribution in [1.29, 1.82) is 0 Å². The third-order valence-electron chi connectivity index (χ3n) is 3.67. The van der Waals surface area contributed by atoms with E-state index in [1.165, 1.54) is 16.7 Å². The summed E-state index contributed by atoms with van der Waals surface area (Å²) in [5.41, 5.74) is 6.24. The third-order valence-corrected chi connectivity index (χ3v) is 5.36. The minimum absolute atomic E-state index is 0.00232. The molecule has 1 aromatic rings. The van der Waals surface area contributed by atoms with Crippen LogP contribution < -0.4 is 5.73 Å². The summed E-state index contributed by atoms with van der Waals surface area (Å²) in [6, 6.07) is 5.19. The van der Waals surface area contributed by atoms with Crippen LogP contribution in [-0.2, 0) is 9.59 Å². The number of carbonyl (C=O) groups is 2. The van der Waals surface area contributed by atoms with E-state index in [-0.39, 0.29) is 29.5 Å². The van der Waals surface area contributed by atoms with Crippen molar-refractivity contribution >= 4 is 40.9 Å². The van der Waals surface area contributed by atoms with Gasteiger partial charge in [0.25, 0.3) is 0 Å². The van der Waals surface area contributed by atoms with E-state index in [0.29, 0.717) is 10.7 Å². The van der Waals surface area contributed by atoms with Crippen LogP contribution in [0.2, 0.25) is 5.02 Å². The summed E-state index contributed by atoms with van der Waals surface area (Å²) in [7, 11) is 0. The predicted octanol–water partition coefficient (Wildman–Crippen LogP) is 3.33. The van der Waals surface area contributed by atoms with Crippen LogP contribution in [0.3, 0.4) is 0 Å². The number of thioether (sulfide) groups is 1. The maximum atomic E-state index is 12.5. The second-order valence-corrected chi connectivity index (χ2v) is 6.72. The number of hydrogen-bond donors (Lipinski definition) is 1. The second-order valence-electron chi connectivity index (χ2n) is 5.07. The number of imide groups is 1. The summed E-state index contributed by atoms with van der Waals surface area (Å²) in [4.78, 5) is 26.8. The van der Waals surface area contributed by atoms with Crippen molar-refractivity contribution in [2.45, 2.75) is 49.3 Å². The first-order chi connectivity index (χ1) is 9.97. The lowest BCUT2D eigenvalue weighted by Crippen LogP contribution is -2.40. The van der Waals surface area contributed by atoms with E-state index < -0.39 is 0 Å². The number of nitrogen functional groups attached to an aromatic ring is 1. The molecule has 2 amide bonds. The molecule has 0 saturated carbocycles. The monoisotopic (exact) mass is 326 g/mol. The van der Waals surface area contributed by atoms with Crippen LogP contribution in [0.1, 0.15) is 33.1 Å². The predicted molar refractivity (Wildman–Crippen MR) is 86.3 cm³/mol. The standard InChI is InChI=1S/C15H19ClN2O2S/c1-3-10(4-2)18-14(19)8-13(15(18)20)21-12-6-5-9(17)7-11(12)16/h5-7,10,13H,3-4,8,17H2,1-2H3. The molecule has 4 nitrogen and oxygen atoms in total. The fourth-order valence-electron chi connectivity index (χ4n) is 2.52. The number of benzene rings is 1. The van der Waals surface area contributed by atoms with Crippen molar-refractivity contribution in [3.8, 4) is 0 Å². The van der Waals surface area contributed by atoms with E-state index >= 15 is 0 Å². The van der Waals surface area contributed by atoms with E-state index in [0.717, 1.165) is 17.7 Å². The molecule has 0 aromatic heterocycles. The van der Waals surface area contributed by atoms with E-state index in [1.54, 1.807) is 18.2 Å². The highest BCUT2D eigenvalue weighted by molar-refractivity contribution is 8.00. The molecule has 1 atom stereocenters. The largest absolute Gasteiger partial charge is 0.399 e. The number of nitrogens with zero attached hydrogens (tertiary/aromatic N) is 1. The summed E-state index contributed by atoms with van der Waals surface area (Å²) < 4.78 is 0. The van der Waals surface area contributed by atoms with E-state index in [4.69, 9.17) is 17.3 Å². The van der Waals surface area contributed by atoms with E-state index in [9.17, 15) is 9.59 Å². The third kappa shape index (κ3) is 3.35. The second kappa shape index (κ2) is 6.71. The Hall–Kier alpha value is -1.20. The lowest BCUT2D eigenvalue weighted by Gasteiger charge is -2.24. The highest BCUT2D eigenvalue weighted by atomic mass is 35.5. The van der Waals surface area contributed by atoms with Gasteiger partial charge in [-0.15, -0.1) is 11.8 Å². The summed E-state index contributed by atoms with van der Waals surface area (Å²) in [5, 5.41) is 0.125. The molecule has 1 aliphatic heterocycles. The zero-order valence-corrected chi connectivity index (χ0v) is 13.7. The number of nitrogens with two attached hydrogens (primary N) is 1. The summed E-state index contributed by atoms with van der Waals surface area (Å²) >= 11 is 7.48. The smallest absolute Gasteiger partial charge is 0.243 e. The Labute approximate surface area is 134 Å². The Kier molecular flexibility index (Phi) is 5.17. The molecule has 1 aromatic carbocycles. The van der Waals surface area contributed by atoms with Crippen molar-refractivity contribution < 1.29 is 9.59 Å². The van der Waals surface area contributed by atoms with Crippen molar-refractivity contribution in [3.63, 3.8) is 0 Å². The van der Waals surface area contributed by atoms with Crippen molar-refractivity contribution in [1.82, 2.24) is 4.90 Å². The Morgan fingerprint density at radius 3 is 2.62 bits per heavy atom. The maximum Gasteiger partial charge on any atom is 0.243 e. The molecule has 0 radical (unpaired) electrons. The molecule has 1 aliphatic rings. The Morgan fingerprint density at radius 1 is 1.38 bits per heavy atom. The average Bonchev–Trinajstić information content (AvgIpc) is 2.71. The first kappa shape index (κ1) is 16.2. The molecule has 21 heavy (non-hydrogen) atoms. The first-order valence-corrected chi connectivity index (χ1v) is 8.31. The maximum absolute atomic E-state index is 12.5. The Balaban J connectivity index is 2.15. The van der Waals surface area contributed by atoms with Gasteiger partial charge in [-0.1, -0.05) is 25.4 Å². The molecule has 1 fully saturated rings. The quantitative estimate of drug-likeness (QED) is 0.666. The molecule has 0 spiro atoms. The normalized spacial score (nSPS) is 18.9. The zero-order chi connectivity index (χ0) is 15.6. The van der Waals surface area contributed by atoms with Crippen molar-refractivity contribution in [2.24, 2.45) is 0 Å². The van der Waals surface area contributed by atoms with Crippen LogP contribution in [0.25, 0.3) is 0 Å². The fraction of sp³-hybridized carbons (Fsp3) is 0.467. The number of anilines is 1. The highest BCUT2D eigenvalue weighted by Gasteiger charge is 2.41. The van der Waals surface area contributed by atoms with Crippen molar-refractivity contribution in [3.05, 3.63) is 23.2 Å². The SMILES string of the molecule is CCC(CC)N1C(=O)CC(Sc2ccc(N)cc2Cl)C1=O. The lowest BCUT2D eigenvalue weighted by atomic mass is 10.1. The minimum Gasteiger partial charge on any atom is -0.399 e. The van der Waals surface area contributed by atoms with Crippen LogP contribution in [0, 0.1) is 0 Å². The van der Waals surface area contributed by atoms with Crippen LogP contribution in [0.5, 0.6) is 0 Å². The van der Waals surface area contributed by atoms with Gasteiger partial charge in [-0.2, -0.15) is 0 Å². The van der Waals surface area contributed by atoms with Gasteiger partial charge in [-0.25, -0.2) is 0 Å². The van der Waals surface area contributed by atoms with Gasteiger partial charge >= 0.3 is 0 Å². The lowest BCUT2D eigenvalue weighted by molar-refractivity contribution is -0.141. The molecule has 6 heteroatoms.